The smallest absolute Gasteiger partial charge is 0.339 e. The van der Waals surface area contributed by atoms with Crippen molar-refractivity contribution in [2.45, 2.75) is 20.0 Å². The van der Waals surface area contributed by atoms with E-state index in [1.165, 1.54) is 0 Å². The molecule has 0 saturated carbocycles. The highest BCUT2D eigenvalue weighted by Crippen LogP contribution is 2.21. The fraction of sp³-hybridized carbons (Fsp3) is 0.250. The SMILES string of the molecule is CCc1nnc(COc2cc(F)ccc2C(=O)O)o1. The van der Waals surface area contributed by atoms with E-state index in [1.54, 1.807) is 0 Å². The fourth-order valence-electron chi connectivity index (χ4n) is 1.42. The zero-order valence-electron chi connectivity index (χ0n) is 10.1. The van der Waals surface area contributed by atoms with Crippen molar-refractivity contribution in [3.63, 3.8) is 0 Å². The molecule has 2 rings (SSSR count). The lowest BCUT2D eigenvalue weighted by molar-refractivity contribution is 0.0691. The van der Waals surface area contributed by atoms with E-state index in [0.717, 1.165) is 18.2 Å². The van der Waals surface area contributed by atoms with Crippen LogP contribution in [0.4, 0.5) is 4.39 Å². The van der Waals surface area contributed by atoms with Crippen molar-refractivity contribution in [1.82, 2.24) is 10.2 Å². The Morgan fingerprint density at radius 3 is 2.79 bits per heavy atom. The van der Waals surface area contributed by atoms with Crippen LogP contribution in [0.25, 0.3) is 0 Å². The highest BCUT2D eigenvalue weighted by molar-refractivity contribution is 5.90. The third-order valence-corrected chi connectivity index (χ3v) is 2.34. The maximum atomic E-state index is 13.1. The van der Waals surface area contributed by atoms with Gasteiger partial charge in [0.25, 0.3) is 5.89 Å². The number of hydrogen-bond acceptors (Lipinski definition) is 5. The summed E-state index contributed by atoms with van der Waals surface area (Å²) < 4.78 is 23.5. The number of carboxylic acid groups (broad SMARTS) is 1. The minimum absolute atomic E-state index is 0.0799. The van der Waals surface area contributed by atoms with Crippen LogP contribution in [0.5, 0.6) is 5.75 Å². The van der Waals surface area contributed by atoms with Gasteiger partial charge in [0, 0.05) is 12.5 Å². The van der Waals surface area contributed by atoms with Crippen molar-refractivity contribution in [3.8, 4) is 5.75 Å². The topological polar surface area (TPSA) is 85.5 Å². The standard InChI is InChI=1S/C12H11FN2O4/c1-2-10-14-15-11(19-10)6-18-9-5-7(13)3-4-8(9)12(16)17/h3-5H,2,6H2,1H3,(H,16,17). The first kappa shape index (κ1) is 13.0. The Morgan fingerprint density at radius 1 is 1.42 bits per heavy atom. The number of nitrogens with zero attached hydrogens (tertiary/aromatic N) is 2. The summed E-state index contributed by atoms with van der Waals surface area (Å²) in [4.78, 5) is 10.9. The van der Waals surface area contributed by atoms with E-state index in [9.17, 15) is 9.18 Å². The summed E-state index contributed by atoms with van der Waals surface area (Å²) in [5.41, 5.74) is -0.128. The van der Waals surface area contributed by atoms with Crippen LogP contribution in [-0.4, -0.2) is 21.3 Å². The lowest BCUT2D eigenvalue weighted by Crippen LogP contribution is -2.04. The van der Waals surface area contributed by atoms with Gasteiger partial charge in [-0.2, -0.15) is 0 Å². The van der Waals surface area contributed by atoms with Crippen LogP contribution in [-0.2, 0) is 13.0 Å². The normalized spacial score (nSPS) is 10.4. The Hall–Kier alpha value is -2.44. The van der Waals surface area contributed by atoms with Crippen molar-refractivity contribution < 1.29 is 23.4 Å². The summed E-state index contributed by atoms with van der Waals surface area (Å²) in [5.74, 6) is -1.20. The number of rotatable bonds is 5. The van der Waals surface area contributed by atoms with Crippen LogP contribution < -0.4 is 4.74 Å². The number of benzene rings is 1. The zero-order valence-corrected chi connectivity index (χ0v) is 10.1. The molecule has 1 heterocycles. The number of aryl methyl sites for hydroxylation is 1. The van der Waals surface area contributed by atoms with Gasteiger partial charge in [0.05, 0.1) is 0 Å². The second kappa shape index (κ2) is 5.47. The van der Waals surface area contributed by atoms with Crippen molar-refractivity contribution in [2.24, 2.45) is 0 Å². The summed E-state index contributed by atoms with van der Waals surface area (Å²) in [7, 11) is 0. The molecule has 0 aliphatic heterocycles. The Bertz CT molecular complexity index is 597. The van der Waals surface area contributed by atoms with Crippen molar-refractivity contribution >= 4 is 5.97 Å². The highest BCUT2D eigenvalue weighted by atomic mass is 19.1. The molecule has 6 nitrogen and oxygen atoms in total. The minimum Gasteiger partial charge on any atom is -0.483 e. The molecule has 2 aromatic rings. The number of aromatic carboxylic acids is 1. The first-order chi connectivity index (χ1) is 9.10. The quantitative estimate of drug-likeness (QED) is 0.891. The second-order valence-corrected chi connectivity index (χ2v) is 3.68. The lowest BCUT2D eigenvalue weighted by atomic mass is 10.2. The average Bonchev–Trinajstić information content (AvgIpc) is 2.84. The predicted octanol–water partition coefficient (Wildman–Crippen LogP) is 2.05. The molecule has 0 radical (unpaired) electrons. The molecule has 1 N–H and O–H groups in total. The van der Waals surface area contributed by atoms with Gasteiger partial charge in [0.15, 0.2) is 6.61 Å². The molecular weight excluding hydrogens is 255 g/mol. The van der Waals surface area contributed by atoms with E-state index in [1.807, 2.05) is 6.92 Å². The lowest BCUT2D eigenvalue weighted by Gasteiger charge is -2.06. The van der Waals surface area contributed by atoms with Crippen LogP contribution >= 0.6 is 0 Å². The molecule has 0 unspecified atom stereocenters. The Kier molecular flexibility index (Phi) is 3.74. The van der Waals surface area contributed by atoms with Crippen molar-refractivity contribution in [1.29, 1.82) is 0 Å². The maximum absolute atomic E-state index is 13.1. The summed E-state index contributed by atoms with van der Waals surface area (Å²) >= 11 is 0. The van der Waals surface area contributed by atoms with Gasteiger partial charge in [-0.3, -0.25) is 0 Å². The van der Waals surface area contributed by atoms with E-state index < -0.39 is 11.8 Å². The highest BCUT2D eigenvalue weighted by Gasteiger charge is 2.13. The number of carbonyl (C=O) groups is 1. The van der Waals surface area contributed by atoms with Gasteiger partial charge in [0.2, 0.25) is 5.89 Å². The number of aromatic nitrogens is 2. The summed E-state index contributed by atoms with van der Waals surface area (Å²) in [6, 6.07) is 3.19. The Balaban J connectivity index is 2.14. The van der Waals surface area contributed by atoms with Crippen LogP contribution in [0.1, 0.15) is 29.1 Å². The second-order valence-electron chi connectivity index (χ2n) is 3.68. The Morgan fingerprint density at radius 2 is 2.16 bits per heavy atom. The van der Waals surface area contributed by atoms with Gasteiger partial charge in [0.1, 0.15) is 17.1 Å². The molecule has 1 aromatic carbocycles. The molecule has 0 amide bonds. The molecule has 100 valence electrons. The van der Waals surface area contributed by atoms with E-state index in [4.69, 9.17) is 14.3 Å². The molecule has 0 saturated heterocycles. The third-order valence-electron chi connectivity index (χ3n) is 2.34. The molecule has 0 fully saturated rings. The first-order valence-corrected chi connectivity index (χ1v) is 5.57. The number of ether oxygens (including phenoxy) is 1. The molecule has 19 heavy (non-hydrogen) atoms. The van der Waals surface area contributed by atoms with Crippen LogP contribution in [0.3, 0.4) is 0 Å². The fourth-order valence-corrected chi connectivity index (χ4v) is 1.42. The van der Waals surface area contributed by atoms with Crippen molar-refractivity contribution in [3.05, 3.63) is 41.4 Å². The monoisotopic (exact) mass is 266 g/mol. The molecule has 0 aliphatic rings. The van der Waals surface area contributed by atoms with Crippen molar-refractivity contribution in [2.75, 3.05) is 0 Å². The molecule has 0 aliphatic carbocycles. The van der Waals surface area contributed by atoms with Gasteiger partial charge in [-0.05, 0) is 12.1 Å². The number of carboxylic acids is 1. The predicted molar refractivity (Wildman–Crippen MR) is 61.4 cm³/mol. The number of halogens is 1. The average molecular weight is 266 g/mol. The van der Waals surface area contributed by atoms with Gasteiger partial charge in [-0.1, -0.05) is 6.92 Å². The summed E-state index contributed by atoms with van der Waals surface area (Å²) in [6.45, 7) is 1.74. The van der Waals surface area contributed by atoms with Crippen LogP contribution in [0.2, 0.25) is 0 Å². The number of hydrogen-bond donors (Lipinski definition) is 1. The summed E-state index contributed by atoms with van der Waals surface area (Å²) in [6.07, 6.45) is 0.591. The van der Waals surface area contributed by atoms with Gasteiger partial charge in [-0.15, -0.1) is 10.2 Å². The van der Waals surface area contributed by atoms with Gasteiger partial charge >= 0.3 is 5.97 Å². The van der Waals surface area contributed by atoms with Gasteiger partial charge in [-0.25, -0.2) is 9.18 Å². The first-order valence-electron chi connectivity index (χ1n) is 5.57. The maximum Gasteiger partial charge on any atom is 0.339 e. The molecule has 0 bridgehead atoms. The molecule has 7 heteroatoms. The van der Waals surface area contributed by atoms with Crippen LogP contribution in [0.15, 0.2) is 22.6 Å². The molecular formula is C12H11FN2O4. The molecule has 0 atom stereocenters. The minimum atomic E-state index is -1.20. The van der Waals surface area contributed by atoms with E-state index in [2.05, 4.69) is 10.2 Å². The van der Waals surface area contributed by atoms with E-state index in [0.29, 0.717) is 12.3 Å². The largest absolute Gasteiger partial charge is 0.483 e. The molecule has 0 spiro atoms. The van der Waals surface area contributed by atoms with E-state index in [-0.39, 0.29) is 23.8 Å². The summed E-state index contributed by atoms with van der Waals surface area (Å²) in [5, 5.41) is 16.4. The Labute approximate surface area is 107 Å². The van der Waals surface area contributed by atoms with E-state index >= 15 is 0 Å². The third kappa shape index (κ3) is 3.06. The van der Waals surface area contributed by atoms with Gasteiger partial charge < -0.3 is 14.3 Å². The zero-order chi connectivity index (χ0) is 13.8. The molecule has 1 aromatic heterocycles. The van der Waals surface area contributed by atoms with Crippen LogP contribution in [0, 0.1) is 5.82 Å².